The predicted octanol–water partition coefficient (Wildman–Crippen LogP) is 4.83. The number of nitrogen functional groups attached to an aromatic ring is 1. The number of nitrogens with two attached hydrogens (primary N) is 1. The van der Waals surface area contributed by atoms with Gasteiger partial charge < -0.3 is 11.1 Å². The summed E-state index contributed by atoms with van der Waals surface area (Å²) in [6.07, 6.45) is 0. The summed E-state index contributed by atoms with van der Waals surface area (Å²) in [6.45, 7) is 4.33. The molecule has 0 aromatic heterocycles. The van der Waals surface area contributed by atoms with Gasteiger partial charge in [-0.2, -0.15) is 0 Å². The van der Waals surface area contributed by atoms with Gasteiger partial charge in [-0.3, -0.25) is 0 Å². The number of thiocarbonyl (C=S) groups is 1. The molecule has 0 saturated heterocycles. The zero-order valence-corrected chi connectivity index (χ0v) is 13.1. The van der Waals surface area contributed by atoms with Crippen LogP contribution in [0.2, 0.25) is 5.02 Å². The van der Waals surface area contributed by atoms with Crippen LogP contribution in [0.25, 0.3) is 0 Å². The fourth-order valence-electron chi connectivity index (χ4n) is 1.87. The smallest absolute Gasteiger partial charge is 0.113 e. The standard InChI is InChI=1S/C16H17ClN2S/c1-10(2)11-3-6-13(7-4-11)19-16(20)14-9-12(17)5-8-15(14)18/h3-10H,18H2,1-2H3,(H,19,20). The van der Waals surface area contributed by atoms with Crippen LogP contribution in [0.4, 0.5) is 11.4 Å². The molecule has 0 atom stereocenters. The Morgan fingerprint density at radius 3 is 2.40 bits per heavy atom. The fraction of sp³-hybridized carbons (Fsp3) is 0.188. The normalized spacial score (nSPS) is 10.6. The van der Waals surface area contributed by atoms with Gasteiger partial charge in [0.25, 0.3) is 0 Å². The Morgan fingerprint density at radius 2 is 1.80 bits per heavy atom. The van der Waals surface area contributed by atoms with Gasteiger partial charge in [0.05, 0.1) is 0 Å². The van der Waals surface area contributed by atoms with Crippen LogP contribution in [-0.2, 0) is 0 Å². The van der Waals surface area contributed by atoms with E-state index in [2.05, 4.69) is 31.3 Å². The first kappa shape index (κ1) is 14.8. The van der Waals surface area contributed by atoms with Crippen molar-refractivity contribution < 1.29 is 0 Å². The number of anilines is 2. The van der Waals surface area contributed by atoms with Crippen LogP contribution in [0.15, 0.2) is 42.5 Å². The van der Waals surface area contributed by atoms with E-state index in [4.69, 9.17) is 29.6 Å². The number of nitrogens with one attached hydrogen (secondary N) is 1. The molecular weight excluding hydrogens is 288 g/mol. The maximum atomic E-state index is 5.98. The lowest BCUT2D eigenvalue weighted by Crippen LogP contribution is -2.12. The highest BCUT2D eigenvalue weighted by Crippen LogP contribution is 2.21. The topological polar surface area (TPSA) is 38.0 Å². The molecule has 104 valence electrons. The Labute approximate surface area is 130 Å². The molecule has 0 aliphatic rings. The van der Waals surface area contributed by atoms with Crippen LogP contribution in [0, 0.1) is 0 Å². The monoisotopic (exact) mass is 304 g/mol. The second-order valence-electron chi connectivity index (χ2n) is 4.96. The second kappa shape index (κ2) is 6.25. The van der Waals surface area contributed by atoms with Crippen LogP contribution in [-0.4, -0.2) is 4.99 Å². The highest BCUT2D eigenvalue weighted by atomic mass is 35.5. The number of rotatable bonds is 3. The molecule has 0 heterocycles. The zero-order chi connectivity index (χ0) is 14.7. The van der Waals surface area contributed by atoms with Gasteiger partial charge >= 0.3 is 0 Å². The molecule has 0 unspecified atom stereocenters. The molecule has 0 saturated carbocycles. The van der Waals surface area contributed by atoms with Crippen LogP contribution >= 0.6 is 23.8 Å². The molecule has 0 aliphatic heterocycles. The molecule has 2 rings (SSSR count). The van der Waals surface area contributed by atoms with E-state index in [1.54, 1.807) is 18.2 Å². The van der Waals surface area contributed by atoms with Crippen LogP contribution < -0.4 is 11.1 Å². The summed E-state index contributed by atoms with van der Waals surface area (Å²) in [5.41, 5.74) is 9.53. The molecule has 2 nitrogen and oxygen atoms in total. The van der Waals surface area contributed by atoms with Crippen molar-refractivity contribution in [1.29, 1.82) is 0 Å². The molecular formula is C16H17ClN2S. The SMILES string of the molecule is CC(C)c1ccc(NC(=S)c2cc(Cl)ccc2N)cc1. The first-order valence-corrected chi connectivity index (χ1v) is 7.22. The molecule has 2 aromatic carbocycles. The molecule has 0 amide bonds. The van der Waals surface area contributed by atoms with Crippen molar-refractivity contribution >= 4 is 40.2 Å². The van der Waals surface area contributed by atoms with Gasteiger partial charge in [0.1, 0.15) is 4.99 Å². The molecule has 20 heavy (non-hydrogen) atoms. The molecule has 0 fully saturated rings. The minimum atomic E-state index is 0.513. The van der Waals surface area contributed by atoms with Crippen molar-refractivity contribution in [2.45, 2.75) is 19.8 Å². The lowest BCUT2D eigenvalue weighted by Gasteiger charge is -2.12. The molecule has 4 heteroatoms. The Morgan fingerprint density at radius 1 is 1.15 bits per heavy atom. The van der Waals surface area contributed by atoms with Gasteiger partial charge in [-0.25, -0.2) is 0 Å². The predicted molar refractivity (Wildman–Crippen MR) is 91.7 cm³/mol. The maximum absolute atomic E-state index is 5.98. The summed E-state index contributed by atoms with van der Waals surface area (Å²) in [4.78, 5) is 0.572. The highest BCUT2D eigenvalue weighted by Gasteiger charge is 2.07. The van der Waals surface area contributed by atoms with Crippen molar-refractivity contribution in [2.75, 3.05) is 11.1 Å². The highest BCUT2D eigenvalue weighted by molar-refractivity contribution is 7.81. The van der Waals surface area contributed by atoms with Crippen LogP contribution in [0.1, 0.15) is 30.9 Å². The van der Waals surface area contributed by atoms with Crippen LogP contribution in [0.5, 0.6) is 0 Å². The van der Waals surface area contributed by atoms with Gasteiger partial charge in [0.2, 0.25) is 0 Å². The Bertz CT molecular complexity index is 621. The quantitative estimate of drug-likeness (QED) is 0.630. The van der Waals surface area contributed by atoms with Crippen molar-refractivity contribution in [3.8, 4) is 0 Å². The van der Waals surface area contributed by atoms with Gasteiger partial charge in [-0.1, -0.05) is 49.8 Å². The van der Waals surface area contributed by atoms with E-state index < -0.39 is 0 Å². The Hall–Kier alpha value is -1.58. The summed E-state index contributed by atoms with van der Waals surface area (Å²) in [5.74, 6) is 0.513. The van der Waals surface area contributed by atoms with Crippen molar-refractivity contribution in [2.24, 2.45) is 0 Å². The fourth-order valence-corrected chi connectivity index (χ4v) is 2.34. The summed E-state index contributed by atoms with van der Waals surface area (Å²) >= 11 is 11.4. The molecule has 0 bridgehead atoms. The molecule has 3 N–H and O–H groups in total. The minimum Gasteiger partial charge on any atom is -0.398 e. The molecule has 0 spiro atoms. The number of hydrogen-bond donors (Lipinski definition) is 2. The summed E-state index contributed by atoms with van der Waals surface area (Å²) in [7, 11) is 0. The summed E-state index contributed by atoms with van der Waals surface area (Å²) < 4.78 is 0. The van der Waals surface area contributed by atoms with E-state index in [0.717, 1.165) is 11.3 Å². The Balaban J connectivity index is 2.17. The lowest BCUT2D eigenvalue weighted by molar-refractivity contribution is 0.867. The second-order valence-corrected chi connectivity index (χ2v) is 5.81. The minimum absolute atomic E-state index is 0.513. The third kappa shape index (κ3) is 3.50. The molecule has 0 aliphatic carbocycles. The number of halogens is 1. The van der Waals surface area contributed by atoms with E-state index in [-0.39, 0.29) is 0 Å². The average Bonchev–Trinajstić information content (AvgIpc) is 2.42. The van der Waals surface area contributed by atoms with Gasteiger partial charge in [0.15, 0.2) is 0 Å². The van der Waals surface area contributed by atoms with E-state index in [9.17, 15) is 0 Å². The summed E-state index contributed by atoms with van der Waals surface area (Å²) in [5, 5.41) is 3.80. The number of hydrogen-bond acceptors (Lipinski definition) is 2. The van der Waals surface area contributed by atoms with E-state index in [1.165, 1.54) is 5.56 Å². The third-order valence-corrected chi connectivity index (χ3v) is 3.65. The van der Waals surface area contributed by atoms with Gasteiger partial charge in [0, 0.05) is 22.0 Å². The lowest BCUT2D eigenvalue weighted by atomic mass is 10.0. The summed E-state index contributed by atoms with van der Waals surface area (Å²) in [6, 6.07) is 13.5. The van der Waals surface area contributed by atoms with Crippen molar-refractivity contribution in [3.63, 3.8) is 0 Å². The Kier molecular flexibility index (Phi) is 4.63. The molecule has 2 aromatic rings. The van der Waals surface area contributed by atoms with Gasteiger partial charge in [-0.05, 0) is 41.8 Å². The first-order valence-electron chi connectivity index (χ1n) is 6.43. The van der Waals surface area contributed by atoms with E-state index in [0.29, 0.717) is 21.6 Å². The molecule has 0 radical (unpaired) electrons. The van der Waals surface area contributed by atoms with E-state index in [1.807, 2.05) is 12.1 Å². The number of benzene rings is 2. The zero-order valence-electron chi connectivity index (χ0n) is 11.5. The van der Waals surface area contributed by atoms with Crippen molar-refractivity contribution in [1.82, 2.24) is 0 Å². The van der Waals surface area contributed by atoms with E-state index >= 15 is 0 Å². The largest absolute Gasteiger partial charge is 0.398 e. The van der Waals surface area contributed by atoms with Gasteiger partial charge in [-0.15, -0.1) is 0 Å². The van der Waals surface area contributed by atoms with Crippen molar-refractivity contribution in [3.05, 3.63) is 58.6 Å². The maximum Gasteiger partial charge on any atom is 0.113 e. The average molecular weight is 305 g/mol. The van der Waals surface area contributed by atoms with Crippen LogP contribution in [0.3, 0.4) is 0 Å². The third-order valence-electron chi connectivity index (χ3n) is 3.10. The first-order chi connectivity index (χ1) is 9.47.